The molecule has 0 aliphatic heterocycles. The summed E-state index contributed by atoms with van der Waals surface area (Å²) in [5, 5.41) is 8.84. The van der Waals surface area contributed by atoms with Crippen molar-refractivity contribution in [2.75, 3.05) is 19.5 Å². The van der Waals surface area contributed by atoms with E-state index in [0.717, 1.165) is 23.0 Å². The fourth-order valence-electron chi connectivity index (χ4n) is 2.59. The van der Waals surface area contributed by atoms with Crippen LogP contribution in [0.4, 0.5) is 0 Å². The smallest absolute Gasteiger partial charge is 0.119 e. The Bertz CT molecular complexity index is 481. The van der Waals surface area contributed by atoms with Crippen molar-refractivity contribution >= 4 is 11.8 Å². The first kappa shape index (κ1) is 15.3. The molecule has 1 N–H and O–H groups in total. The Kier molecular flexibility index (Phi) is 6.29. The maximum absolute atomic E-state index is 8.84. The summed E-state index contributed by atoms with van der Waals surface area (Å²) >= 11 is 1.98. The van der Waals surface area contributed by atoms with E-state index in [4.69, 9.17) is 9.84 Å². The molecule has 20 heavy (non-hydrogen) atoms. The molecule has 0 saturated heterocycles. The minimum Gasteiger partial charge on any atom is -0.497 e. The van der Waals surface area contributed by atoms with Gasteiger partial charge < -0.3 is 9.84 Å². The Morgan fingerprint density at radius 2 is 2.15 bits per heavy atom. The number of hydrogen-bond donors (Lipinski definition) is 1. The molecule has 0 atom stereocenters. The van der Waals surface area contributed by atoms with Crippen LogP contribution >= 0.6 is 11.8 Å². The second-order valence-corrected chi connectivity index (χ2v) is 6.18. The minimum absolute atomic E-state index is 0.0965. The van der Waals surface area contributed by atoms with Gasteiger partial charge in [0, 0.05) is 11.3 Å². The first-order valence-electron chi connectivity index (χ1n) is 7.18. The lowest BCUT2D eigenvalue weighted by atomic mass is 10.1. The van der Waals surface area contributed by atoms with Crippen LogP contribution in [0.5, 0.6) is 5.75 Å². The van der Waals surface area contributed by atoms with Gasteiger partial charge >= 0.3 is 0 Å². The molecule has 0 spiro atoms. The topological polar surface area (TPSA) is 29.5 Å². The Morgan fingerprint density at radius 1 is 1.35 bits per heavy atom. The molecule has 0 heterocycles. The van der Waals surface area contributed by atoms with Gasteiger partial charge in [-0.25, -0.2) is 0 Å². The van der Waals surface area contributed by atoms with Crippen LogP contribution in [0.15, 0.2) is 18.2 Å². The summed E-state index contributed by atoms with van der Waals surface area (Å²) in [7, 11) is 1.68. The number of rotatable bonds is 5. The van der Waals surface area contributed by atoms with Gasteiger partial charge in [-0.15, -0.1) is 0 Å². The van der Waals surface area contributed by atoms with Gasteiger partial charge in [0.05, 0.1) is 7.11 Å². The van der Waals surface area contributed by atoms with Crippen molar-refractivity contribution in [3.63, 3.8) is 0 Å². The number of aliphatic hydroxyl groups is 1. The maximum atomic E-state index is 8.84. The summed E-state index contributed by atoms with van der Waals surface area (Å²) in [4.78, 5) is 0. The van der Waals surface area contributed by atoms with E-state index in [-0.39, 0.29) is 6.61 Å². The van der Waals surface area contributed by atoms with E-state index < -0.39 is 0 Å². The van der Waals surface area contributed by atoms with Crippen LogP contribution in [-0.2, 0) is 5.75 Å². The van der Waals surface area contributed by atoms with Crippen molar-refractivity contribution in [2.45, 2.75) is 31.4 Å². The SMILES string of the molecule is COc1ccc(C#CCO)c(CSCC2CCCC2)c1. The Labute approximate surface area is 125 Å². The van der Waals surface area contributed by atoms with Crippen molar-refractivity contribution in [3.8, 4) is 17.6 Å². The highest BCUT2D eigenvalue weighted by molar-refractivity contribution is 7.98. The van der Waals surface area contributed by atoms with E-state index in [1.807, 2.05) is 23.9 Å². The van der Waals surface area contributed by atoms with E-state index in [1.54, 1.807) is 7.11 Å². The van der Waals surface area contributed by atoms with Gasteiger partial charge in [0.1, 0.15) is 12.4 Å². The second-order valence-electron chi connectivity index (χ2n) is 5.15. The third-order valence-electron chi connectivity index (χ3n) is 3.70. The molecule has 0 aromatic heterocycles. The maximum Gasteiger partial charge on any atom is 0.119 e. The summed E-state index contributed by atoms with van der Waals surface area (Å²) < 4.78 is 5.29. The zero-order chi connectivity index (χ0) is 14.2. The molecule has 1 saturated carbocycles. The van der Waals surface area contributed by atoms with Gasteiger partial charge in [0.25, 0.3) is 0 Å². The summed E-state index contributed by atoms with van der Waals surface area (Å²) in [5.74, 6) is 9.73. The van der Waals surface area contributed by atoms with Crippen LogP contribution < -0.4 is 4.74 Å². The van der Waals surface area contributed by atoms with Gasteiger partial charge in [-0.3, -0.25) is 0 Å². The first-order chi connectivity index (χ1) is 9.83. The second kappa shape index (κ2) is 8.24. The van der Waals surface area contributed by atoms with Crippen LogP contribution in [0.25, 0.3) is 0 Å². The fraction of sp³-hybridized carbons (Fsp3) is 0.529. The molecular formula is C17H22O2S. The van der Waals surface area contributed by atoms with E-state index in [1.165, 1.54) is 37.0 Å². The lowest BCUT2D eigenvalue weighted by Gasteiger charge is -2.10. The summed E-state index contributed by atoms with van der Waals surface area (Å²) in [5.41, 5.74) is 2.20. The van der Waals surface area contributed by atoms with E-state index >= 15 is 0 Å². The Morgan fingerprint density at radius 3 is 2.85 bits per heavy atom. The predicted molar refractivity (Wildman–Crippen MR) is 85.1 cm³/mol. The molecule has 0 unspecified atom stereocenters. The van der Waals surface area contributed by atoms with Crippen molar-refractivity contribution in [1.82, 2.24) is 0 Å². The van der Waals surface area contributed by atoms with Crippen molar-refractivity contribution < 1.29 is 9.84 Å². The summed E-state index contributed by atoms with van der Waals surface area (Å²) in [6.45, 7) is -0.0965. The van der Waals surface area contributed by atoms with Gasteiger partial charge in [-0.05, 0) is 48.3 Å². The lowest BCUT2D eigenvalue weighted by molar-refractivity contribution is 0.350. The van der Waals surface area contributed by atoms with Crippen LogP contribution in [-0.4, -0.2) is 24.6 Å². The molecular weight excluding hydrogens is 268 g/mol. The molecule has 0 radical (unpaired) electrons. The molecule has 0 amide bonds. The van der Waals surface area contributed by atoms with Gasteiger partial charge in [-0.2, -0.15) is 11.8 Å². The normalized spacial score (nSPS) is 14.9. The molecule has 1 aromatic carbocycles. The minimum atomic E-state index is -0.0965. The number of hydrogen-bond acceptors (Lipinski definition) is 3. The van der Waals surface area contributed by atoms with Gasteiger partial charge in [-0.1, -0.05) is 24.7 Å². The first-order valence-corrected chi connectivity index (χ1v) is 8.33. The molecule has 0 bridgehead atoms. The number of thioether (sulfide) groups is 1. The third-order valence-corrected chi connectivity index (χ3v) is 4.92. The molecule has 3 heteroatoms. The zero-order valence-corrected chi connectivity index (χ0v) is 12.8. The van der Waals surface area contributed by atoms with E-state index in [9.17, 15) is 0 Å². The van der Waals surface area contributed by atoms with Crippen molar-refractivity contribution in [3.05, 3.63) is 29.3 Å². The average molecular weight is 290 g/mol. The highest BCUT2D eigenvalue weighted by atomic mass is 32.2. The Balaban J connectivity index is 1.99. The van der Waals surface area contributed by atoms with Gasteiger partial charge in [0.2, 0.25) is 0 Å². The van der Waals surface area contributed by atoms with E-state index in [2.05, 4.69) is 17.9 Å². The number of ether oxygens (including phenoxy) is 1. The predicted octanol–water partition coefficient (Wildman–Crippen LogP) is 3.46. The zero-order valence-electron chi connectivity index (χ0n) is 12.0. The third kappa shape index (κ3) is 4.47. The van der Waals surface area contributed by atoms with E-state index in [0.29, 0.717) is 0 Å². The summed E-state index contributed by atoms with van der Waals surface area (Å²) in [6, 6.07) is 5.96. The molecule has 1 aromatic rings. The number of methoxy groups -OCH3 is 1. The number of benzene rings is 1. The van der Waals surface area contributed by atoms with Crippen LogP contribution in [0.2, 0.25) is 0 Å². The summed E-state index contributed by atoms with van der Waals surface area (Å²) in [6.07, 6.45) is 5.58. The highest BCUT2D eigenvalue weighted by Crippen LogP contribution is 2.30. The monoisotopic (exact) mass is 290 g/mol. The molecule has 2 nitrogen and oxygen atoms in total. The quantitative estimate of drug-likeness (QED) is 0.842. The Hall–Kier alpha value is -1.11. The lowest BCUT2D eigenvalue weighted by Crippen LogP contribution is -1.98. The molecule has 1 fully saturated rings. The van der Waals surface area contributed by atoms with Crippen molar-refractivity contribution in [2.24, 2.45) is 5.92 Å². The fourth-order valence-corrected chi connectivity index (χ4v) is 3.83. The van der Waals surface area contributed by atoms with Crippen molar-refractivity contribution in [1.29, 1.82) is 0 Å². The van der Waals surface area contributed by atoms with Crippen LogP contribution in [0.1, 0.15) is 36.8 Å². The molecule has 108 valence electrons. The standard InChI is InChI=1S/C17H22O2S/c1-19-17-9-8-15(7-4-10-18)16(11-17)13-20-12-14-5-2-3-6-14/h8-9,11,14,18H,2-3,5-6,10,12-13H2,1H3. The largest absolute Gasteiger partial charge is 0.497 e. The van der Waals surface area contributed by atoms with Gasteiger partial charge in [0.15, 0.2) is 0 Å². The van der Waals surface area contributed by atoms with Crippen LogP contribution in [0, 0.1) is 17.8 Å². The molecule has 1 aliphatic rings. The van der Waals surface area contributed by atoms with Crippen LogP contribution in [0.3, 0.4) is 0 Å². The molecule has 2 rings (SSSR count). The average Bonchev–Trinajstić information content (AvgIpc) is 2.99. The molecule has 1 aliphatic carbocycles. The highest BCUT2D eigenvalue weighted by Gasteiger charge is 2.15. The number of aliphatic hydroxyl groups excluding tert-OH is 1.